The molecule has 0 aromatic rings. The third-order valence-corrected chi connectivity index (χ3v) is 3.66. The Morgan fingerprint density at radius 2 is 1.83 bits per heavy atom. The number of carbonyl (C=O) groups is 4. The Morgan fingerprint density at radius 3 is 2.28 bits per heavy atom. The number of esters is 1. The van der Waals surface area contributed by atoms with Gasteiger partial charge in [-0.05, 0) is 33.6 Å². The average molecular weight is 254 g/mol. The molecule has 0 heterocycles. The second-order valence-corrected chi connectivity index (χ2v) is 4.67. The molecule has 5 nitrogen and oxygen atoms in total. The van der Waals surface area contributed by atoms with Crippen LogP contribution >= 0.6 is 0 Å². The van der Waals surface area contributed by atoms with E-state index in [0.717, 1.165) is 0 Å². The van der Waals surface area contributed by atoms with Crippen LogP contribution in [0.3, 0.4) is 0 Å². The van der Waals surface area contributed by atoms with Crippen molar-refractivity contribution in [2.75, 3.05) is 6.61 Å². The van der Waals surface area contributed by atoms with Crippen molar-refractivity contribution in [3.05, 3.63) is 0 Å². The summed E-state index contributed by atoms with van der Waals surface area (Å²) in [7, 11) is 0. The van der Waals surface area contributed by atoms with E-state index < -0.39 is 17.3 Å². The van der Waals surface area contributed by atoms with E-state index in [4.69, 9.17) is 4.74 Å². The van der Waals surface area contributed by atoms with Crippen molar-refractivity contribution in [2.45, 2.75) is 40.0 Å². The van der Waals surface area contributed by atoms with Crippen molar-refractivity contribution < 1.29 is 23.9 Å². The Kier molecular flexibility index (Phi) is 4.38. The molecule has 1 saturated carbocycles. The Bertz CT molecular complexity index is 382. The Balaban J connectivity index is 3.01. The van der Waals surface area contributed by atoms with Gasteiger partial charge in [0.15, 0.2) is 0 Å². The number of Topliss-reactive ketones (excluding diaryl/α,β-unsaturated/α-hetero) is 3. The van der Waals surface area contributed by atoms with Crippen molar-refractivity contribution in [2.24, 2.45) is 11.3 Å². The van der Waals surface area contributed by atoms with Gasteiger partial charge >= 0.3 is 5.97 Å². The van der Waals surface area contributed by atoms with Crippen LogP contribution in [0.1, 0.15) is 40.0 Å². The number of ether oxygens (including phenoxy) is 1. The average Bonchev–Trinajstić information content (AvgIpc) is 2.29. The topological polar surface area (TPSA) is 77.5 Å². The SMILES string of the molecule is CCOC(=O)C1CC(C(C)=O)(C(C)=O)CCC1=O. The van der Waals surface area contributed by atoms with Crippen LogP contribution in [0.4, 0.5) is 0 Å². The quantitative estimate of drug-likeness (QED) is 0.554. The number of hydrogen-bond donors (Lipinski definition) is 0. The molecule has 0 N–H and O–H groups in total. The molecule has 0 radical (unpaired) electrons. The smallest absolute Gasteiger partial charge is 0.316 e. The highest BCUT2D eigenvalue weighted by Crippen LogP contribution is 2.40. The zero-order valence-electron chi connectivity index (χ0n) is 10.9. The van der Waals surface area contributed by atoms with Gasteiger partial charge in [0.2, 0.25) is 0 Å². The summed E-state index contributed by atoms with van der Waals surface area (Å²) in [6.45, 7) is 4.49. The molecule has 0 bridgehead atoms. The first-order chi connectivity index (χ1) is 8.35. The molecular formula is C13H18O5. The molecule has 18 heavy (non-hydrogen) atoms. The van der Waals surface area contributed by atoms with Crippen molar-refractivity contribution in [1.82, 2.24) is 0 Å². The number of rotatable bonds is 4. The van der Waals surface area contributed by atoms with E-state index >= 15 is 0 Å². The standard InChI is InChI=1S/C13H18O5/c1-4-18-12(17)10-7-13(8(2)14,9(3)15)6-5-11(10)16/h10H,4-7H2,1-3H3. The predicted molar refractivity (Wildman–Crippen MR) is 62.8 cm³/mol. The fourth-order valence-corrected chi connectivity index (χ4v) is 2.42. The molecule has 5 heteroatoms. The third-order valence-electron chi connectivity index (χ3n) is 3.66. The summed E-state index contributed by atoms with van der Waals surface area (Å²) in [6.07, 6.45) is 0.227. The third kappa shape index (κ3) is 2.49. The van der Waals surface area contributed by atoms with Gasteiger partial charge < -0.3 is 4.74 Å². The molecule has 1 unspecified atom stereocenters. The Labute approximate surface area is 106 Å². The molecule has 1 rings (SSSR count). The zero-order chi connectivity index (χ0) is 13.9. The van der Waals surface area contributed by atoms with Crippen LogP contribution in [0.2, 0.25) is 0 Å². The summed E-state index contributed by atoms with van der Waals surface area (Å²) >= 11 is 0. The molecule has 100 valence electrons. The van der Waals surface area contributed by atoms with Crippen LogP contribution in [0.15, 0.2) is 0 Å². The normalized spacial score (nSPS) is 22.4. The second-order valence-electron chi connectivity index (χ2n) is 4.67. The molecule has 0 aromatic heterocycles. The lowest BCUT2D eigenvalue weighted by Gasteiger charge is -2.35. The highest BCUT2D eigenvalue weighted by atomic mass is 16.5. The van der Waals surface area contributed by atoms with E-state index in [1.54, 1.807) is 6.92 Å². The van der Waals surface area contributed by atoms with Crippen molar-refractivity contribution >= 4 is 23.3 Å². The molecule has 0 spiro atoms. The maximum Gasteiger partial charge on any atom is 0.316 e. The highest BCUT2D eigenvalue weighted by Gasteiger charge is 2.49. The van der Waals surface area contributed by atoms with E-state index in [-0.39, 0.29) is 43.2 Å². The predicted octanol–water partition coefficient (Wildman–Crippen LogP) is 1.08. The van der Waals surface area contributed by atoms with E-state index in [1.165, 1.54) is 13.8 Å². The van der Waals surface area contributed by atoms with Crippen LogP contribution in [0.25, 0.3) is 0 Å². The molecular weight excluding hydrogens is 236 g/mol. The number of ketones is 3. The summed E-state index contributed by atoms with van der Waals surface area (Å²) in [5.41, 5.74) is -1.19. The summed E-state index contributed by atoms with van der Waals surface area (Å²) in [4.78, 5) is 46.8. The Hall–Kier alpha value is -1.52. The summed E-state index contributed by atoms with van der Waals surface area (Å²) in [6, 6.07) is 0. The largest absolute Gasteiger partial charge is 0.465 e. The van der Waals surface area contributed by atoms with Gasteiger partial charge in [-0.25, -0.2) is 0 Å². The number of hydrogen-bond acceptors (Lipinski definition) is 5. The highest BCUT2D eigenvalue weighted by molar-refractivity contribution is 6.09. The maximum atomic E-state index is 11.7. The van der Waals surface area contributed by atoms with Gasteiger partial charge in [0.1, 0.15) is 23.3 Å². The van der Waals surface area contributed by atoms with Crippen LogP contribution in [0, 0.1) is 11.3 Å². The van der Waals surface area contributed by atoms with Crippen molar-refractivity contribution in [3.8, 4) is 0 Å². The van der Waals surface area contributed by atoms with E-state index in [0.29, 0.717) is 0 Å². The van der Waals surface area contributed by atoms with Gasteiger partial charge in [-0.15, -0.1) is 0 Å². The van der Waals surface area contributed by atoms with Gasteiger partial charge in [0, 0.05) is 6.42 Å². The summed E-state index contributed by atoms with van der Waals surface area (Å²) in [5.74, 6) is -2.42. The van der Waals surface area contributed by atoms with E-state index in [9.17, 15) is 19.2 Å². The van der Waals surface area contributed by atoms with Crippen molar-refractivity contribution in [3.63, 3.8) is 0 Å². The first-order valence-corrected chi connectivity index (χ1v) is 6.06. The van der Waals surface area contributed by atoms with Crippen LogP contribution < -0.4 is 0 Å². The minimum absolute atomic E-state index is 0.0463. The molecule has 1 aliphatic rings. The summed E-state index contributed by atoms with van der Waals surface area (Å²) in [5, 5.41) is 0. The van der Waals surface area contributed by atoms with Crippen LogP contribution in [-0.2, 0) is 23.9 Å². The van der Waals surface area contributed by atoms with Gasteiger partial charge in [0.05, 0.1) is 12.0 Å². The first-order valence-electron chi connectivity index (χ1n) is 6.06. The zero-order valence-corrected chi connectivity index (χ0v) is 10.9. The van der Waals surface area contributed by atoms with E-state index in [2.05, 4.69) is 0 Å². The van der Waals surface area contributed by atoms with Gasteiger partial charge in [-0.3, -0.25) is 19.2 Å². The second kappa shape index (κ2) is 5.42. The summed E-state index contributed by atoms with van der Waals surface area (Å²) < 4.78 is 4.82. The Morgan fingerprint density at radius 1 is 1.28 bits per heavy atom. The minimum atomic E-state index is -1.19. The maximum absolute atomic E-state index is 11.7. The van der Waals surface area contributed by atoms with Crippen LogP contribution in [0.5, 0.6) is 0 Å². The lowest BCUT2D eigenvalue weighted by molar-refractivity contribution is -0.157. The molecule has 1 atom stereocenters. The first kappa shape index (κ1) is 14.5. The fraction of sp³-hybridized carbons (Fsp3) is 0.692. The lowest BCUT2D eigenvalue weighted by atomic mass is 9.65. The lowest BCUT2D eigenvalue weighted by Crippen LogP contribution is -2.46. The monoisotopic (exact) mass is 254 g/mol. The van der Waals surface area contributed by atoms with Crippen LogP contribution in [-0.4, -0.2) is 29.9 Å². The minimum Gasteiger partial charge on any atom is -0.465 e. The molecule has 1 fully saturated rings. The molecule has 0 saturated heterocycles. The van der Waals surface area contributed by atoms with E-state index in [1.807, 2.05) is 0 Å². The molecule has 0 aliphatic heterocycles. The number of carbonyl (C=O) groups excluding carboxylic acids is 4. The van der Waals surface area contributed by atoms with Gasteiger partial charge in [-0.1, -0.05) is 0 Å². The molecule has 1 aliphatic carbocycles. The van der Waals surface area contributed by atoms with Gasteiger partial charge in [0.25, 0.3) is 0 Å². The van der Waals surface area contributed by atoms with Crippen molar-refractivity contribution in [1.29, 1.82) is 0 Å². The van der Waals surface area contributed by atoms with Gasteiger partial charge in [-0.2, -0.15) is 0 Å². The molecule has 0 amide bonds. The molecule has 0 aromatic carbocycles. The fourth-order valence-electron chi connectivity index (χ4n) is 2.42.